The van der Waals surface area contributed by atoms with Crippen LogP contribution in [0.3, 0.4) is 0 Å². The molecule has 0 saturated carbocycles. The Morgan fingerprint density at radius 1 is 1.19 bits per heavy atom. The molecule has 140 valence electrons. The number of hydrogen-bond acceptors (Lipinski definition) is 3. The van der Waals surface area contributed by atoms with E-state index in [1.807, 2.05) is 25.1 Å². The molecule has 0 aliphatic heterocycles. The number of amides is 1. The van der Waals surface area contributed by atoms with Gasteiger partial charge in [-0.25, -0.2) is 4.79 Å². The minimum absolute atomic E-state index is 0.417. The summed E-state index contributed by atoms with van der Waals surface area (Å²) in [5.74, 6) is 0.543. The Labute approximate surface area is 164 Å². The second-order valence-corrected chi connectivity index (χ2v) is 7.53. The van der Waals surface area contributed by atoms with Gasteiger partial charge in [0.25, 0.3) is 0 Å². The van der Waals surface area contributed by atoms with Gasteiger partial charge in [-0.15, -0.1) is 0 Å². The highest BCUT2D eigenvalue weighted by Gasteiger charge is 2.09. The van der Waals surface area contributed by atoms with Crippen molar-refractivity contribution in [3.63, 3.8) is 0 Å². The first-order chi connectivity index (χ1) is 12.4. The van der Waals surface area contributed by atoms with Gasteiger partial charge in [0, 0.05) is 23.8 Å². The van der Waals surface area contributed by atoms with E-state index in [9.17, 15) is 4.79 Å². The molecule has 2 rings (SSSR count). The number of carbonyl (C=O) groups is 1. The molecule has 5 heteroatoms. The Hall–Kier alpha value is -2.01. The predicted octanol–water partition coefficient (Wildman–Crippen LogP) is 6.17. The van der Waals surface area contributed by atoms with Gasteiger partial charge in [0.1, 0.15) is 0 Å². The van der Waals surface area contributed by atoms with Crippen molar-refractivity contribution in [2.24, 2.45) is 0 Å². The summed E-state index contributed by atoms with van der Waals surface area (Å²) in [5.41, 5.74) is 4.38. The van der Waals surface area contributed by atoms with Crippen LogP contribution in [0.15, 0.2) is 46.9 Å². The Balaban J connectivity index is 2.01. The van der Waals surface area contributed by atoms with Gasteiger partial charge < -0.3 is 9.64 Å². The fraction of sp³-hybridized carbons (Fsp3) is 0.381. The average Bonchev–Trinajstić information content (AvgIpc) is 2.62. The van der Waals surface area contributed by atoms with E-state index < -0.39 is 6.09 Å². The summed E-state index contributed by atoms with van der Waals surface area (Å²) in [7, 11) is 2.06. The lowest BCUT2D eigenvalue weighted by Gasteiger charge is -2.21. The fourth-order valence-electron chi connectivity index (χ4n) is 2.56. The lowest BCUT2D eigenvalue weighted by Crippen LogP contribution is -2.17. The number of nitrogens with one attached hydrogen (secondary N) is 1. The summed E-state index contributed by atoms with van der Waals surface area (Å²) < 4.78 is 5.88. The third kappa shape index (κ3) is 5.77. The van der Waals surface area contributed by atoms with E-state index in [0.717, 1.165) is 23.1 Å². The normalized spacial score (nSPS) is 10.7. The maximum Gasteiger partial charge on any atom is 0.411 e. The Bertz CT molecular complexity index is 729. The van der Waals surface area contributed by atoms with Gasteiger partial charge in [-0.05, 0) is 57.6 Å². The van der Waals surface area contributed by atoms with Gasteiger partial charge in [-0.3, -0.25) is 5.32 Å². The predicted molar refractivity (Wildman–Crippen MR) is 112 cm³/mol. The van der Waals surface area contributed by atoms with Gasteiger partial charge in [-0.2, -0.15) is 0 Å². The molecule has 26 heavy (non-hydrogen) atoms. The smallest absolute Gasteiger partial charge is 0.411 e. The van der Waals surface area contributed by atoms with Crippen LogP contribution in [0.1, 0.15) is 44.2 Å². The zero-order chi connectivity index (χ0) is 19.1. The molecular weight excluding hydrogens is 392 g/mol. The van der Waals surface area contributed by atoms with E-state index in [1.54, 1.807) is 0 Å². The Morgan fingerprint density at radius 2 is 1.88 bits per heavy atom. The first-order valence-corrected chi connectivity index (χ1v) is 9.73. The van der Waals surface area contributed by atoms with Crippen LogP contribution >= 0.6 is 15.9 Å². The molecular formula is C21H27BrN2O2. The lowest BCUT2D eigenvalue weighted by atomic mass is 10.0. The molecule has 4 nitrogen and oxygen atoms in total. The van der Waals surface area contributed by atoms with Gasteiger partial charge in [0.05, 0.1) is 12.3 Å². The van der Waals surface area contributed by atoms with E-state index in [-0.39, 0.29) is 0 Å². The number of benzene rings is 2. The molecule has 0 aliphatic rings. The fourth-order valence-corrected chi connectivity index (χ4v) is 3.02. The van der Waals surface area contributed by atoms with Crippen molar-refractivity contribution in [1.82, 2.24) is 0 Å². The van der Waals surface area contributed by atoms with E-state index in [1.165, 1.54) is 11.1 Å². The lowest BCUT2D eigenvalue weighted by molar-refractivity contribution is 0.161. The van der Waals surface area contributed by atoms with Crippen LogP contribution in [0.5, 0.6) is 0 Å². The topological polar surface area (TPSA) is 41.6 Å². The number of halogens is 1. The van der Waals surface area contributed by atoms with Crippen molar-refractivity contribution in [3.05, 3.63) is 58.1 Å². The molecule has 1 N–H and O–H groups in total. The molecule has 0 unspecified atom stereocenters. The van der Waals surface area contributed by atoms with Crippen LogP contribution in [0.2, 0.25) is 0 Å². The zero-order valence-electron chi connectivity index (χ0n) is 15.9. The van der Waals surface area contributed by atoms with Crippen molar-refractivity contribution < 1.29 is 9.53 Å². The number of rotatable bonds is 7. The largest absolute Gasteiger partial charge is 0.449 e. The molecule has 0 spiro atoms. The average molecular weight is 419 g/mol. The second kappa shape index (κ2) is 9.62. The molecule has 0 aromatic heterocycles. The zero-order valence-corrected chi connectivity index (χ0v) is 17.5. The highest BCUT2D eigenvalue weighted by molar-refractivity contribution is 9.10. The maximum absolute atomic E-state index is 11.7. The molecule has 2 aromatic rings. The summed E-state index contributed by atoms with van der Waals surface area (Å²) in [4.78, 5) is 13.9. The van der Waals surface area contributed by atoms with E-state index >= 15 is 0 Å². The SMILES string of the molecule is CCCOC(=O)Nc1ccc(N(C)Cc2ccc(C(C)C)cc2)cc1Br. The summed E-state index contributed by atoms with van der Waals surface area (Å²) in [6.07, 6.45) is 0.370. The molecule has 0 atom stereocenters. The number of carbonyl (C=O) groups excluding carboxylic acids is 1. The van der Waals surface area contributed by atoms with E-state index in [0.29, 0.717) is 18.2 Å². The van der Waals surface area contributed by atoms with Gasteiger partial charge >= 0.3 is 6.09 Å². The first kappa shape index (κ1) is 20.3. The molecule has 0 bridgehead atoms. The molecule has 1 amide bonds. The van der Waals surface area contributed by atoms with E-state index in [4.69, 9.17) is 4.74 Å². The highest BCUT2D eigenvalue weighted by Crippen LogP contribution is 2.28. The van der Waals surface area contributed by atoms with Gasteiger partial charge in [0.2, 0.25) is 0 Å². The summed E-state index contributed by atoms with van der Waals surface area (Å²) in [6.45, 7) is 7.60. The van der Waals surface area contributed by atoms with Crippen LogP contribution in [-0.2, 0) is 11.3 Å². The van der Waals surface area contributed by atoms with Crippen molar-refractivity contribution >= 4 is 33.4 Å². The summed E-state index contributed by atoms with van der Waals surface area (Å²) in [6, 6.07) is 14.6. The molecule has 0 aliphatic carbocycles. The van der Waals surface area contributed by atoms with Crippen LogP contribution in [0, 0.1) is 0 Å². The van der Waals surface area contributed by atoms with Crippen molar-refractivity contribution in [2.45, 2.75) is 39.7 Å². The van der Waals surface area contributed by atoms with Gasteiger partial charge in [0.15, 0.2) is 0 Å². The monoisotopic (exact) mass is 418 g/mol. The Kier molecular flexibility index (Phi) is 7.51. The summed E-state index contributed by atoms with van der Waals surface area (Å²) >= 11 is 3.53. The third-order valence-corrected chi connectivity index (χ3v) is 4.79. The minimum Gasteiger partial charge on any atom is -0.449 e. The van der Waals surface area contributed by atoms with Crippen LogP contribution in [0.4, 0.5) is 16.2 Å². The quantitative estimate of drug-likeness (QED) is 0.584. The minimum atomic E-state index is -0.432. The summed E-state index contributed by atoms with van der Waals surface area (Å²) in [5, 5.41) is 2.75. The second-order valence-electron chi connectivity index (χ2n) is 6.68. The number of anilines is 2. The highest BCUT2D eigenvalue weighted by atomic mass is 79.9. The standard InChI is InChI=1S/C21H27BrN2O2/c1-5-12-26-21(25)23-20-11-10-18(13-19(20)22)24(4)14-16-6-8-17(9-7-16)15(2)3/h6-11,13,15H,5,12,14H2,1-4H3,(H,23,25). The first-order valence-electron chi connectivity index (χ1n) is 8.94. The molecule has 0 radical (unpaired) electrons. The van der Waals surface area contributed by atoms with Crippen LogP contribution < -0.4 is 10.2 Å². The van der Waals surface area contributed by atoms with E-state index in [2.05, 4.69) is 71.3 Å². The number of nitrogens with zero attached hydrogens (tertiary/aromatic N) is 1. The van der Waals surface area contributed by atoms with Gasteiger partial charge in [-0.1, -0.05) is 45.0 Å². The Morgan fingerprint density at radius 3 is 2.46 bits per heavy atom. The van der Waals surface area contributed by atoms with Crippen molar-refractivity contribution in [3.8, 4) is 0 Å². The maximum atomic E-state index is 11.7. The molecule has 2 aromatic carbocycles. The van der Waals surface area contributed by atoms with Crippen LogP contribution in [-0.4, -0.2) is 19.7 Å². The molecule has 0 fully saturated rings. The molecule has 0 saturated heterocycles. The van der Waals surface area contributed by atoms with Crippen LogP contribution in [0.25, 0.3) is 0 Å². The number of ether oxygens (including phenoxy) is 1. The van der Waals surface area contributed by atoms with Crippen molar-refractivity contribution in [2.75, 3.05) is 23.9 Å². The molecule has 0 heterocycles. The van der Waals surface area contributed by atoms with Crippen molar-refractivity contribution in [1.29, 1.82) is 0 Å². The third-order valence-electron chi connectivity index (χ3n) is 4.13. The number of hydrogen-bond donors (Lipinski definition) is 1.